The lowest BCUT2D eigenvalue weighted by atomic mass is 9.87. The maximum absolute atomic E-state index is 5.09. The van der Waals surface area contributed by atoms with E-state index in [0.29, 0.717) is 6.04 Å². The average Bonchev–Trinajstić information content (AvgIpc) is 3.47. The Kier molecular flexibility index (Phi) is 6.64. The fourth-order valence-corrected chi connectivity index (χ4v) is 5.40. The molecule has 0 amide bonds. The molecule has 5 rings (SSSR count). The van der Waals surface area contributed by atoms with Gasteiger partial charge in [0.15, 0.2) is 0 Å². The minimum absolute atomic E-state index is 0.145. The van der Waals surface area contributed by atoms with Crippen molar-refractivity contribution in [3.8, 4) is 11.4 Å². The van der Waals surface area contributed by atoms with Crippen LogP contribution >= 0.6 is 0 Å². The fraction of sp³-hybridized carbons (Fsp3) is 0.467. The van der Waals surface area contributed by atoms with E-state index < -0.39 is 0 Å². The van der Waals surface area contributed by atoms with Gasteiger partial charge in [0.05, 0.1) is 23.2 Å². The third-order valence-electron chi connectivity index (χ3n) is 7.83. The largest absolute Gasteiger partial charge is 0.367 e. The number of anilines is 1. The zero-order valence-corrected chi connectivity index (χ0v) is 22.7. The van der Waals surface area contributed by atoms with Crippen LogP contribution in [0.25, 0.3) is 22.4 Å². The third-order valence-corrected chi connectivity index (χ3v) is 7.83. The number of imidazole rings is 2. The molecule has 0 unspecified atom stereocenters. The number of para-hydroxylation sites is 1. The standard InChI is InChI=1S/C30H40N6/c1-7-24-18-36(17-16-35(24)19-26-21(3)34(8-2)20-31-26)27-11-9-10-25-28(27)33-29(32-25)22-12-14-23(15-13-22)30(4,5)6/h9-15,20,24H,7-8,16-19H2,1-6H3,(H,32,33)/t24-/m0/s1. The number of hydrogen-bond donors (Lipinski definition) is 1. The first-order valence-corrected chi connectivity index (χ1v) is 13.4. The maximum atomic E-state index is 5.09. The minimum atomic E-state index is 0.145. The smallest absolute Gasteiger partial charge is 0.138 e. The maximum Gasteiger partial charge on any atom is 0.138 e. The van der Waals surface area contributed by atoms with E-state index in [4.69, 9.17) is 9.97 Å². The summed E-state index contributed by atoms with van der Waals surface area (Å²) in [5, 5.41) is 0. The Hall–Kier alpha value is -3.12. The lowest BCUT2D eigenvalue weighted by Gasteiger charge is -2.42. The normalized spacial score (nSPS) is 17.3. The molecular formula is C30H40N6. The summed E-state index contributed by atoms with van der Waals surface area (Å²) in [6, 6.07) is 15.8. The van der Waals surface area contributed by atoms with Gasteiger partial charge in [-0.1, -0.05) is 58.0 Å². The van der Waals surface area contributed by atoms with Crippen LogP contribution in [0.2, 0.25) is 0 Å². The van der Waals surface area contributed by atoms with Crippen molar-refractivity contribution < 1.29 is 0 Å². The molecule has 3 heterocycles. The second-order valence-corrected chi connectivity index (χ2v) is 11.1. The fourth-order valence-electron chi connectivity index (χ4n) is 5.40. The molecule has 0 saturated carbocycles. The molecule has 2 aromatic carbocycles. The van der Waals surface area contributed by atoms with Crippen LogP contribution in [-0.2, 0) is 18.5 Å². The van der Waals surface area contributed by atoms with Crippen LogP contribution in [0.4, 0.5) is 5.69 Å². The number of rotatable bonds is 6. The number of fused-ring (bicyclic) bond motifs is 1. The van der Waals surface area contributed by atoms with E-state index in [2.05, 4.69) is 103 Å². The first-order valence-electron chi connectivity index (χ1n) is 13.4. The molecule has 1 fully saturated rings. The number of aryl methyl sites for hydroxylation is 1. The molecule has 6 nitrogen and oxygen atoms in total. The number of hydrogen-bond acceptors (Lipinski definition) is 4. The lowest BCUT2D eigenvalue weighted by molar-refractivity contribution is 0.162. The molecule has 0 aliphatic carbocycles. The number of aromatic amines is 1. The van der Waals surface area contributed by atoms with E-state index in [1.165, 1.54) is 22.6 Å². The van der Waals surface area contributed by atoms with E-state index >= 15 is 0 Å². The Morgan fingerprint density at radius 2 is 1.81 bits per heavy atom. The average molecular weight is 485 g/mol. The van der Waals surface area contributed by atoms with Gasteiger partial charge in [0.25, 0.3) is 0 Å². The lowest BCUT2D eigenvalue weighted by Crippen LogP contribution is -2.52. The van der Waals surface area contributed by atoms with Gasteiger partial charge in [-0.15, -0.1) is 0 Å². The first kappa shape index (κ1) is 24.6. The summed E-state index contributed by atoms with van der Waals surface area (Å²) >= 11 is 0. The number of aromatic nitrogens is 4. The number of H-pyrrole nitrogens is 1. The Morgan fingerprint density at radius 1 is 1.03 bits per heavy atom. The van der Waals surface area contributed by atoms with E-state index in [1.807, 2.05) is 6.33 Å². The topological polar surface area (TPSA) is 53.0 Å². The van der Waals surface area contributed by atoms with Crippen molar-refractivity contribution in [2.45, 2.75) is 72.5 Å². The summed E-state index contributed by atoms with van der Waals surface area (Å²) in [6.45, 7) is 18.3. The summed E-state index contributed by atoms with van der Waals surface area (Å²) in [5.41, 5.74) is 8.50. The van der Waals surface area contributed by atoms with Gasteiger partial charge in [-0.05, 0) is 43.4 Å². The van der Waals surface area contributed by atoms with Crippen LogP contribution in [0.15, 0.2) is 48.8 Å². The molecule has 0 radical (unpaired) electrons. The molecule has 36 heavy (non-hydrogen) atoms. The van der Waals surface area contributed by atoms with Crippen molar-refractivity contribution in [1.29, 1.82) is 0 Å². The van der Waals surface area contributed by atoms with Crippen molar-refractivity contribution in [2.24, 2.45) is 0 Å². The molecular weight excluding hydrogens is 444 g/mol. The summed E-state index contributed by atoms with van der Waals surface area (Å²) < 4.78 is 2.24. The molecule has 190 valence electrons. The minimum Gasteiger partial charge on any atom is -0.367 e. The Balaban J connectivity index is 1.37. The van der Waals surface area contributed by atoms with Crippen molar-refractivity contribution in [3.63, 3.8) is 0 Å². The molecule has 1 atom stereocenters. The monoisotopic (exact) mass is 484 g/mol. The molecule has 1 N–H and O–H groups in total. The highest BCUT2D eigenvalue weighted by atomic mass is 15.3. The molecule has 2 aromatic heterocycles. The van der Waals surface area contributed by atoms with Gasteiger partial charge < -0.3 is 14.5 Å². The Morgan fingerprint density at radius 3 is 2.47 bits per heavy atom. The predicted molar refractivity (Wildman–Crippen MR) is 150 cm³/mol. The number of nitrogens with one attached hydrogen (secondary N) is 1. The highest BCUT2D eigenvalue weighted by molar-refractivity contribution is 5.91. The quantitative estimate of drug-likeness (QED) is 0.356. The summed E-state index contributed by atoms with van der Waals surface area (Å²) in [5.74, 6) is 0.936. The zero-order chi connectivity index (χ0) is 25.4. The summed E-state index contributed by atoms with van der Waals surface area (Å²) in [6.07, 6.45) is 3.10. The number of benzene rings is 2. The Labute approximate surface area is 215 Å². The van der Waals surface area contributed by atoms with Gasteiger partial charge in [-0.2, -0.15) is 0 Å². The van der Waals surface area contributed by atoms with Gasteiger partial charge in [-0.3, -0.25) is 4.90 Å². The summed E-state index contributed by atoms with van der Waals surface area (Å²) in [7, 11) is 0. The predicted octanol–water partition coefficient (Wildman–Crippen LogP) is 6.15. The third kappa shape index (κ3) is 4.66. The second-order valence-electron chi connectivity index (χ2n) is 11.1. The highest BCUT2D eigenvalue weighted by Crippen LogP contribution is 2.31. The second kappa shape index (κ2) is 9.74. The van der Waals surface area contributed by atoms with Crippen molar-refractivity contribution in [3.05, 3.63) is 65.7 Å². The van der Waals surface area contributed by atoms with Crippen LogP contribution in [0.5, 0.6) is 0 Å². The van der Waals surface area contributed by atoms with Crippen molar-refractivity contribution in [1.82, 2.24) is 24.4 Å². The molecule has 6 heteroatoms. The number of piperazine rings is 1. The van der Waals surface area contributed by atoms with Gasteiger partial charge in [-0.25, -0.2) is 9.97 Å². The van der Waals surface area contributed by atoms with E-state index in [-0.39, 0.29) is 5.41 Å². The van der Waals surface area contributed by atoms with Crippen LogP contribution in [0.3, 0.4) is 0 Å². The molecule has 1 saturated heterocycles. The molecule has 1 aliphatic rings. The van der Waals surface area contributed by atoms with Gasteiger partial charge in [0.1, 0.15) is 11.3 Å². The van der Waals surface area contributed by atoms with Crippen LogP contribution in [0.1, 0.15) is 58.0 Å². The van der Waals surface area contributed by atoms with Crippen molar-refractivity contribution >= 4 is 16.7 Å². The van der Waals surface area contributed by atoms with Crippen LogP contribution < -0.4 is 4.90 Å². The molecule has 0 spiro atoms. The van der Waals surface area contributed by atoms with Crippen LogP contribution in [0, 0.1) is 6.92 Å². The highest BCUT2D eigenvalue weighted by Gasteiger charge is 2.28. The van der Waals surface area contributed by atoms with Gasteiger partial charge >= 0.3 is 0 Å². The molecule has 0 bridgehead atoms. The van der Waals surface area contributed by atoms with E-state index in [0.717, 1.165) is 61.6 Å². The van der Waals surface area contributed by atoms with E-state index in [9.17, 15) is 0 Å². The van der Waals surface area contributed by atoms with Crippen LogP contribution in [-0.4, -0.2) is 50.1 Å². The zero-order valence-electron chi connectivity index (χ0n) is 22.7. The SMILES string of the molecule is CC[C@H]1CN(c2cccc3[nH]c(-c4ccc(C(C)(C)C)cc4)nc23)CCN1Cc1ncn(CC)c1C. The Bertz CT molecular complexity index is 1320. The number of nitrogens with zero attached hydrogens (tertiary/aromatic N) is 5. The van der Waals surface area contributed by atoms with Crippen molar-refractivity contribution in [2.75, 3.05) is 24.5 Å². The van der Waals surface area contributed by atoms with Gasteiger partial charge in [0, 0.05) is 50.0 Å². The summed E-state index contributed by atoms with van der Waals surface area (Å²) in [4.78, 5) is 18.5. The molecule has 1 aliphatic heterocycles. The van der Waals surface area contributed by atoms with Gasteiger partial charge in [0.2, 0.25) is 0 Å². The van der Waals surface area contributed by atoms with E-state index in [1.54, 1.807) is 0 Å². The first-order chi connectivity index (χ1) is 17.3. The molecule has 4 aromatic rings.